The zero-order valence-electron chi connectivity index (χ0n) is 14.6. The summed E-state index contributed by atoms with van der Waals surface area (Å²) in [7, 11) is 0. The average Bonchev–Trinajstić information content (AvgIpc) is 3.12. The molecule has 2 saturated heterocycles. The lowest BCUT2D eigenvalue weighted by molar-refractivity contribution is 0.133. The first-order valence-electron chi connectivity index (χ1n) is 9.27. The van der Waals surface area contributed by atoms with Crippen molar-refractivity contribution < 1.29 is 4.39 Å². The first-order chi connectivity index (χ1) is 12.8. The monoisotopic (exact) mass is 368 g/mol. The number of piperidine rings is 1. The van der Waals surface area contributed by atoms with Gasteiger partial charge >= 0.3 is 0 Å². The minimum Gasteiger partial charge on any atom is -0.353 e. The Kier molecular flexibility index (Phi) is 4.10. The van der Waals surface area contributed by atoms with Crippen molar-refractivity contribution in [2.24, 2.45) is 0 Å². The standard InChI is InChI=1S/C20H21FN4S/c21-15-6-4-14(5-7-15)17-12-26-20-18(17)19(22-13-23-20)25-10-9-24-8-2-1-3-16(24)11-25/h4-7,12-13,16H,1-3,8-11H2/t16-/m0/s1. The number of piperazine rings is 1. The zero-order valence-corrected chi connectivity index (χ0v) is 15.4. The minimum atomic E-state index is -0.210. The van der Waals surface area contributed by atoms with Crippen LogP contribution in [0.25, 0.3) is 21.3 Å². The molecule has 2 aromatic heterocycles. The van der Waals surface area contributed by atoms with Gasteiger partial charge in [0.25, 0.3) is 0 Å². The predicted octanol–water partition coefficient (Wildman–Crippen LogP) is 4.17. The molecule has 0 radical (unpaired) electrons. The molecule has 0 bridgehead atoms. The highest BCUT2D eigenvalue weighted by molar-refractivity contribution is 7.17. The number of nitrogens with zero attached hydrogens (tertiary/aromatic N) is 4. The summed E-state index contributed by atoms with van der Waals surface area (Å²) in [5.41, 5.74) is 2.12. The van der Waals surface area contributed by atoms with Crippen LogP contribution in [0.4, 0.5) is 10.2 Å². The van der Waals surface area contributed by atoms with Crippen LogP contribution in [-0.2, 0) is 0 Å². The van der Waals surface area contributed by atoms with Gasteiger partial charge in [-0.2, -0.15) is 0 Å². The molecule has 26 heavy (non-hydrogen) atoms. The van der Waals surface area contributed by atoms with Gasteiger partial charge in [0.05, 0.1) is 5.39 Å². The average molecular weight is 368 g/mol. The van der Waals surface area contributed by atoms with Gasteiger partial charge < -0.3 is 4.90 Å². The third-order valence-corrected chi connectivity index (χ3v) is 6.53. The maximum Gasteiger partial charge on any atom is 0.141 e. The van der Waals surface area contributed by atoms with Crippen LogP contribution in [0.1, 0.15) is 19.3 Å². The van der Waals surface area contributed by atoms with E-state index in [0.29, 0.717) is 6.04 Å². The molecule has 2 aliphatic rings. The van der Waals surface area contributed by atoms with Crippen LogP contribution in [0.15, 0.2) is 36.0 Å². The number of rotatable bonds is 2. The molecule has 4 nitrogen and oxygen atoms in total. The van der Waals surface area contributed by atoms with Crippen molar-refractivity contribution >= 4 is 27.4 Å². The fourth-order valence-electron chi connectivity index (χ4n) is 4.29. The molecule has 5 rings (SSSR count). The number of halogens is 1. The Morgan fingerprint density at radius 2 is 1.92 bits per heavy atom. The second-order valence-corrected chi connectivity index (χ2v) is 8.02. The molecule has 0 amide bonds. The lowest BCUT2D eigenvalue weighted by Gasteiger charge is -2.44. The van der Waals surface area contributed by atoms with Gasteiger partial charge in [-0.15, -0.1) is 11.3 Å². The molecule has 0 saturated carbocycles. The summed E-state index contributed by atoms with van der Waals surface area (Å²) in [5.74, 6) is 0.818. The van der Waals surface area contributed by atoms with Crippen molar-refractivity contribution in [1.82, 2.24) is 14.9 Å². The molecule has 2 fully saturated rings. The van der Waals surface area contributed by atoms with Crippen molar-refractivity contribution in [3.63, 3.8) is 0 Å². The first kappa shape index (κ1) is 16.1. The van der Waals surface area contributed by atoms with E-state index in [2.05, 4.69) is 25.1 Å². The smallest absolute Gasteiger partial charge is 0.141 e. The SMILES string of the molecule is Fc1ccc(-c2csc3ncnc(N4CCN5CCCC[C@H]5C4)c23)cc1. The largest absolute Gasteiger partial charge is 0.353 e. The Morgan fingerprint density at radius 1 is 1.04 bits per heavy atom. The fraction of sp³-hybridized carbons (Fsp3) is 0.400. The molecule has 1 atom stereocenters. The van der Waals surface area contributed by atoms with Gasteiger partial charge in [0.1, 0.15) is 22.8 Å². The number of fused-ring (bicyclic) bond motifs is 2. The highest BCUT2D eigenvalue weighted by Crippen LogP contribution is 2.38. The molecular weight excluding hydrogens is 347 g/mol. The van der Waals surface area contributed by atoms with Gasteiger partial charge in [-0.05, 0) is 37.1 Å². The number of hydrogen-bond acceptors (Lipinski definition) is 5. The highest BCUT2D eigenvalue weighted by Gasteiger charge is 2.30. The molecule has 4 heterocycles. The molecule has 3 aromatic rings. The maximum absolute atomic E-state index is 13.3. The Labute approximate surface area is 156 Å². The van der Waals surface area contributed by atoms with Crippen LogP contribution < -0.4 is 4.90 Å². The number of thiophene rings is 1. The van der Waals surface area contributed by atoms with Crippen LogP contribution in [0.3, 0.4) is 0 Å². The number of anilines is 1. The van der Waals surface area contributed by atoms with Gasteiger partial charge in [0.15, 0.2) is 0 Å². The van der Waals surface area contributed by atoms with E-state index < -0.39 is 0 Å². The van der Waals surface area contributed by atoms with E-state index in [1.54, 1.807) is 17.7 Å². The lowest BCUT2D eigenvalue weighted by atomic mass is 9.99. The quantitative estimate of drug-likeness (QED) is 0.679. The summed E-state index contributed by atoms with van der Waals surface area (Å²) in [6.45, 7) is 4.37. The van der Waals surface area contributed by atoms with E-state index in [0.717, 1.165) is 46.8 Å². The van der Waals surface area contributed by atoms with Gasteiger partial charge in [-0.3, -0.25) is 4.90 Å². The summed E-state index contributed by atoms with van der Waals surface area (Å²) < 4.78 is 13.3. The van der Waals surface area contributed by atoms with Gasteiger partial charge in [0, 0.05) is 36.6 Å². The Bertz CT molecular complexity index is 923. The molecule has 6 heteroatoms. The summed E-state index contributed by atoms with van der Waals surface area (Å²) in [6, 6.07) is 7.35. The number of hydrogen-bond donors (Lipinski definition) is 0. The highest BCUT2D eigenvalue weighted by atomic mass is 32.1. The fourth-order valence-corrected chi connectivity index (χ4v) is 5.20. The predicted molar refractivity (Wildman–Crippen MR) is 104 cm³/mol. The minimum absolute atomic E-state index is 0.210. The molecule has 1 aromatic carbocycles. The van der Waals surface area contributed by atoms with Crippen molar-refractivity contribution in [2.45, 2.75) is 25.3 Å². The van der Waals surface area contributed by atoms with Gasteiger partial charge in [-0.1, -0.05) is 18.6 Å². The molecule has 2 aliphatic heterocycles. The van der Waals surface area contributed by atoms with E-state index in [-0.39, 0.29) is 5.82 Å². The van der Waals surface area contributed by atoms with Crippen molar-refractivity contribution in [1.29, 1.82) is 0 Å². The summed E-state index contributed by atoms with van der Waals surface area (Å²) in [5, 5.41) is 3.22. The molecule has 0 unspecified atom stereocenters. The Hall–Kier alpha value is -2.05. The Balaban J connectivity index is 1.55. The summed E-state index contributed by atoms with van der Waals surface area (Å²) in [4.78, 5) is 15.2. The van der Waals surface area contributed by atoms with Crippen molar-refractivity contribution in [3.05, 3.63) is 41.8 Å². The third-order valence-electron chi connectivity index (χ3n) is 5.64. The topological polar surface area (TPSA) is 32.3 Å². The Morgan fingerprint density at radius 3 is 2.81 bits per heavy atom. The zero-order chi connectivity index (χ0) is 17.5. The van der Waals surface area contributed by atoms with Crippen LogP contribution in [0.5, 0.6) is 0 Å². The van der Waals surface area contributed by atoms with Crippen LogP contribution in [-0.4, -0.2) is 47.1 Å². The van der Waals surface area contributed by atoms with E-state index in [4.69, 9.17) is 0 Å². The second-order valence-electron chi connectivity index (χ2n) is 7.17. The normalized spacial score (nSPS) is 21.1. The van der Waals surface area contributed by atoms with Crippen molar-refractivity contribution in [2.75, 3.05) is 31.1 Å². The molecule has 0 spiro atoms. The molecule has 0 aliphatic carbocycles. The maximum atomic E-state index is 13.3. The van der Waals surface area contributed by atoms with E-state index in [1.807, 2.05) is 12.1 Å². The van der Waals surface area contributed by atoms with Crippen molar-refractivity contribution in [3.8, 4) is 11.1 Å². The second kappa shape index (κ2) is 6.59. The van der Waals surface area contributed by atoms with E-state index in [9.17, 15) is 4.39 Å². The number of benzene rings is 1. The molecule has 134 valence electrons. The number of aromatic nitrogens is 2. The van der Waals surface area contributed by atoms with Crippen LogP contribution in [0.2, 0.25) is 0 Å². The van der Waals surface area contributed by atoms with E-state index in [1.165, 1.54) is 37.9 Å². The van der Waals surface area contributed by atoms with Gasteiger partial charge in [-0.25, -0.2) is 14.4 Å². The molecule has 0 N–H and O–H groups in total. The van der Waals surface area contributed by atoms with Gasteiger partial charge in [0.2, 0.25) is 0 Å². The summed E-state index contributed by atoms with van der Waals surface area (Å²) >= 11 is 1.63. The van der Waals surface area contributed by atoms with Crippen LogP contribution in [0, 0.1) is 5.82 Å². The lowest BCUT2D eigenvalue weighted by Crippen LogP contribution is -2.55. The third kappa shape index (κ3) is 2.77. The first-order valence-corrected chi connectivity index (χ1v) is 10.1. The van der Waals surface area contributed by atoms with Crippen LogP contribution >= 0.6 is 11.3 Å². The molecular formula is C20H21FN4S. The summed E-state index contributed by atoms with van der Waals surface area (Å²) in [6.07, 6.45) is 5.61. The van der Waals surface area contributed by atoms with E-state index >= 15 is 0 Å².